The maximum Gasteiger partial charge on any atom is 0.187 e. The van der Waals surface area contributed by atoms with Crippen LogP contribution in [-0.4, -0.2) is 0 Å². The van der Waals surface area contributed by atoms with Crippen LogP contribution in [0.2, 0.25) is 0 Å². The summed E-state index contributed by atoms with van der Waals surface area (Å²) in [5, 5.41) is 16.7. The summed E-state index contributed by atoms with van der Waals surface area (Å²) < 4.78 is 0. The highest BCUT2D eigenvalue weighted by molar-refractivity contribution is 6.33. The Bertz CT molecular complexity index is 3260. The van der Waals surface area contributed by atoms with E-state index in [9.17, 15) is 5.26 Å². The topological polar surface area (TPSA) is 34.6 Å². The smallest absolute Gasteiger partial charge is 0.187 e. The summed E-state index contributed by atoms with van der Waals surface area (Å²) in [5.74, 6) is 0. The molecule has 0 atom stereocenters. The number of nitrogens with zero attached hydrogens (tertiary/aromatic N) is 4. The van der Waals surface area contributed by atoms with Crippen LogP contribution >= 0.6 is 0 Å². The fourth-order valence-electron chi connectivity index (χ4n) is 8.87. The number of nitriles is 1. The monoisotopic (exact) mass is 794 g/mol. The molecule has 0 bridgehead atoms. The number of benzene rings is 10. The third-order valence-electron chi connectivity index (χ3n) is 12.1. The standard InChI is InChI=1S/C58H42N4/c1-37-6-22-45(23-7-37)61(46-24-8-38(2)9-25-46)55-34-53(43-16-14-41(36-59)15-17-43)54-35-56(62(47-26-10-39(3)11-27-47)48-28-12-40(4)13-29-48)51-32-30-49(42-18-20-44(60-5)21-19-42)50-31-33-52(55)58(54)57(50)51/h6-35H,1-4H3. The Morgan fingerprint density at radius 2 is 0.790 bits per heavy atom. The van der Waals surface area contributed by atoms with Crippen LogP contribution in [0, 0.1) is 45.6 Å². The molecule has 0 N–H and O–H groups in total. The van der Waals surface area contributed by atoms with Gasteiger partial charge in [0.15, 0.2) is 5.69 Å². The van der Waals surface area contributed by atoms with Crippen LogP contribution in [0.4, 0.5) is 39.8 Å². The van der Waals surface area contributed by atoms with E-state index in [1.165, 1.54) is 22.3 Å². The van der Waals surface area contributed by atoms with Gasteiger partial charge in [0.25, 0.3) is 0 Å². The quantitative estimate of drug-likeness (QED) is 0.113. The Balaban J connectivity index is 1.39. The largest absolute Gasteiger partial charge is 0.310 e. The Kier molecular flexibility index (Phi) is 9.48. The zero-order valence-corrected chi connectivity index (χ0v) is 35.1. The second-order valence-corrected chi connectivity index (χ2v) is 16.3. The van der Waals surface area contributed by atoms with Crippen molar-refractivity contribution < 1.29 is 0 Å². The molecule has 0 aliphatic heterocycles. The second-order valence-electron chi connectivity index (χ2n) is 16.3. The lowest BCUT2D eigenvalue weighted by Crippen LogP contribution is -2.12. The van der Waals surface area contributed by atoms with E-state index < -0.39 is 0 Å². The highest BCUT2D eigenvalue weighted by Gasteiger charge is 2.26. The molecule has 10 aromatic carbocycles. The maximum atomic E-state index is 9.88. The molecule has 4 nitrogen and oxygen atoms in total. The van der Waals surface area contributed by atoms with Crippen molar-refractivity contribution in [2.24, 2.45) is 0 Å². The normalized spacial score (nSPS) is 11.2. The second kappa shape index (κ2) is 15.4. The van der Waals surface area contributed by atoms with Crippen LogP contribution in [0.15, 0.2) is 182 Å². The van der Waals surface area contributed by atoms with E-state index >= 15 is 0 Å². The van der Waals surface area contributed by atoms with Gasteiger partial charge in [0.2, 0.25) is 0 Å². The molecule has 0 heterocycles. The summed E-state index contributed by atoms with van der Waals surface area (Å²) in [7, 11) is 0. The van der Waals surface area contributed by atoms with E-state index in [0.29, 0.717) is 11.3 Å². The predicted octanol–water partition coefficient (Wildman–Crippen LogP) is 16.5. The van der Waals surface area contributed by atoms with Gasteiger partial charge in [-0.05, 0) is 134 Å². The number of aryl methyl sites for hydroxylation is 4. The molecule has 4 heteroatoms. The lowest BCUT2D eigenvalue weighted by Gasteiger charge is -2.31. The molecule has 0 aliphatic rings. The van der Waals surface area contributed by atoms with E-state index in [1.54, 1.807) is 0 Å². The van der Waals surface area contributed by atoms with Gasteiger partial charge in [0.05, 0.1) is 29.6 Å². The van der Waals surface area contributed by atoms with Crippen molar-refractivity contribution in [1.82, 2.24) is 0 Å². The van der Waals surface area contributed by atoms with Crippen LogP contribution < -0.4 is 9.80 Å². The highest BCUT2D eigenvalue weighted by atomic mass is 15.2. The van der Waals surface area contributed by atoms with E-state index in [4.69, 9.17) is 6.57 Å². The summed E-state index contributed by atoms with van der Waals surface area (Å²) >= 11 is 0. The van der Waals surface area contributed by atoms with E-state index in [-0.39, 0.29) is 0 Å². The van der Waals surface area contributed by atoms with Crippen LogP contribution in [0.5, 0.6) is 0 Å². The highest BCUT2D eigenvalue weighted by Crippen LogP contribution is 2.52. The van der Waals surface area contributed by atoms with Crippen molar-refractivity contribution in [1.29, 1.82) is 5.26 Å². The molecular weight excluding hydrogens is 753 g/mol. The molecule has 0 unspecified atom stereocenters. The molecular formula is C58H42N4. The molecule has 0 fully saturated rings. The maximum absolute atomic E-state index is 9.88. The summed E-state index contributed by atoms with van der Waals surface area (Å²) in [4.78, 5) is 8.46. The molecule has 0 spiro atoms. The fourth-order valence-corrected chi connectivity index (χ4v) is 8.87. The Hall–Kier alpha value is -8.18. The molecule has 0 aliphatic carbocycles. The molecule has 0 aromatic heterocycles. The van der Waals surface area contributed by atoms with E-state index in [0.717, 1.165) is 88.7 Å². The third kappa shape index (κ3) is 6.65. The molecule has 0 amide bonds. The minimum Gasteiger partial charge on any atom is -0.310 e. The first-order valence-electron chi connectivity index (χ1n) is 20.9. The lowest BCUT2D eigenvalue weighted by molar-refractivity contribution is 1.28. The van der Waals surface area contributed by atoms with Crippen molar-refractivity contribution in [3.63, 3.8) is 0 Å². The molecule has 0 saturated heterocycles. The first kappa shape index (κ1) is 38.0. The lowest BCUT2D eigenvalue weighted by atomic mass is 9.85. The van der Waals surface area contributed by atoms with Gasteiger partial charge < -0.3 is 9.80 Å². The minimum absolute atomic E-state index is 0.615. The third-order valence-corrected chi connectivity index (χ3v) is 12.1. The summed E-state index contributed by atoms with van der Waals surface area (Å²) in [6, 6.07) is 67.2. The Morgan fingerprint density at radius 3 is 1.24 bits per heavy atom. The van der Waals surface area contributed by atoms with E-state index in [1.807, 2.05) is 24.3 Å². The van der Waals surface area contributed by atoms with Gasteiger partial charge in [-0.2, -0.15) is 5.26 Å². The van der Waals surface area contributed by atoms with Gasteiger partial charge in [-0.15, -0.1) is 0 Å². The average Bonchev–Trinajstić information content (AvgIpc) is 3.31. The van der Waals surface area contributed by atoms with Crippen LogP contribution in [-0.2, 0) is 0 Å². The SMILES string of the molecule is [C-]#[N+]c1ccc(-c2ccc3c(N(c4ccc(C)cc4)c4ccc(C)cc4)cc4c(-c5ccc(C#N)cc5)cc(N(c5ccc(C)cc5)c5ccc(C)cc5)c5ccc2c3c45)cc1. The first-order chi connectivity index (χ1) is 30.3. The average molecular weight is 795 g/mol. The van der Waals surface area contributed by atoms with Gasteiger partial charge in [0.1, 0.15) is 0 Å². The van der Waals surface area contributed by atoms with Crippen molar-refractivity contribution in [2.75, 3.05) is 9.80 Å². The minimum atomic E-state index is 0.615. The summed E-state index contributed by atoms with van der Waals surface area (Å²) in [5.41, 5.74) is 16.6. The van der Waals surface area contributed by atoms with Gasteiger partial charge in [-0.25, -0.2) is 4.85 Å². The Morgan fingerprint density at radius 1 is 0.403 bits per heavy atom. The first-order valence-corrected chi connectivity index (χ1v) is 20.9. The fraction of sp³-hybridized carbons (Fsp3) is 0.0690. The summed E-state index contributed by atoms with van der Waals surface area (Å²) in [6.07, 6.45) is 0. The molecule has 0 saturated carbocycles. The zero-order chi connectivity index (χ0) is 42.5. The molecule has 294 valence electrons. The predicted molar refractivity (Wildman–Crippen MR) is 260 cm³/mol. The molecule has 62 heavy (non-hydrogen) atoms. The van der Waals surface area contributed by atoms with Crippen molar-refractivity contribution in [2.45, 2.75) is 27.7 Å². The van der Waals surface area contributed by atoms with Crippen molar-refractivity contribution in [3.05, 3.63) is 221 Å². The van der Waals surface area contributed by atoms with Crippen molar-refractivity contribution >= 4 is 72.1 Å². The summed E-state index contributed by atoms with van der Waals surface area (Å²) in [6.45, 7) is 16.1. The number of hydrogen-bond acceptors (Lipinski definition) is 3. The van der Waals surface area contributed by atoms with Crippen molar-refractivity contribution in [3.8, 4) is 28.3 Å². The van der Waals surface area contributed by atoms with E-state index in [2.05, 4.69) is 206 Å². The van der Waals surface area contributed by atoms with Gasteiger partial charge >= 0.3 is 0 Å². The van der Waals surface area contributed by atoms with Crippen LogP contribution in [0.25, 0.3) is 59.4 Å². The number of hydrogen-bond donors (Lipinski definition) is 0. The number of rotatable bonds is 8. The van der Waals surface area contributed by atoms with Gasteiger partial charge in [-0.3, -0.25) is 0 Å². The number of anilines is 6. The van der Waals surface area contributed by atoms with Gasteiger partial charge in [-0.1, -0.05) is 131 Å². The molecule has 0 radical (unpaired) electrons. The van der Waals surface area contributed by atoms with Crippen LogP contribution in [0.3, 0.4) is 0 Å². The molecule has 10 aromatic rings. The van der Waals surface area contributed by atoms with Crippen LogP contribution in [0.1, 0.15) is 27.8 Å². The van der Waals surface area contributed by atoms with Gasteiger partial charge in [0, 0.05) is 44.3 Å². The Labute approximate surface area is 363 Å². The molecule has 10 rings (SSSR count). The zero-order valence-electron chi connectivity index (χ0n) is 35.1.